The molecule has 1 heterocycles. The van der Waals surface area contributed by atoms with Crippen LogP contribution in [0.3, 0.4) is 0 Å². The quantitative estimate of drug-likeness (QED) is 0.714. The van der Waals surface area contributed by atoms with Crippen molar-refractivity contribution in [2.24, 2.45) is 0 Å². The number of amides is 1. The van der Waals surface area contributed by atoms with E-state index in [4.69, 9.17) is 4.74 Å². The monoisotopic (exact) mass is 295 g/mol. The average molecular weight is 295 g/mol. The van der Waals surface area contributed by atoms with Gasteiger partial charge in [0.2, 0.25) is 11.7 Å². The van der Waals surface area contributed by atoms with Gasteiger partial charge in [0.1, 0.15) is 6.33 Å². The van der Waals surface area contributed by atoms with E-state index >= 15 is 0 Å². The van der Waals surface area contributed by atoms with Gasteiger partial charge in [-0.3, -0.25) is 4.79 Å². The maximum atomic E-state index is 11.8. The zero-order chi connectivity index (χ0) is 15.7. The van der Waals surface area contributed by atoms with E-state index in [0.29, 0.717) is 23.9 Å². The third-order valence-electron chi connectivity index (χ3n) is 2.85. The van der Waals surface area contributed by atoms with Gasteiger partial charge in [-0.05, 0) is 12.8 Å². The lowest BCUT2D eigenvalue weighted by atomic mass is 10.4. The van der Waals surface area contributed by atoms with Crippen LogP contribution >= 0.6 is 0 Å². The summed E-state index contributed by atoms with van der Waals surface area (Å²) in [5.41, 5.74) is 0. The van der Waals surface area contributed by atoms with Gasteiger partial charge in [0, 0.05) is 20.1 Å². The van der Waals surface area contributed by atoms with Crippen LogP contribution in [-0.4, -0.2) is 49.7 Å². The molecule has 0 aliphatic heterocycles. The molecule has 0 aromatic carbocycles. The fourth-order valence-electron chi connectivity index (χ4n) is 1.80. The molecule has 1 aromatic rings. The number of hydrogen-bond acceptors (Lipinski definition) is 6. The second-order valence-electron chi connectivity index (χ2n) is 4.71. The molecule has 0 saturated heterocycles. The molecule has 0 saturated carbocycles. The van der Waals surface area contributed by atoms with Crippen LogP contribution in [0.15, 0.2) is 6.33 Å². The Kier molecular flexibility index (Phi) is 7.28. The summed E-state index contributed by atoms with van der Waals surface area (Å²) in [5.74, 6) is 1.75. The number of aromatic nitrogens is 2. The second-order valence-corrected chi connectivity index (χ2v) is 4.71. The number of nitrogens with zero attached hydrogens (tertiary/aromatic N) is 3. The topological polar surface area (TPSA) is 79.4 Å². The van der Waals surface area contributed by atoms with Crippen LogP contribution in [0.2, 0.25) is 0 Å². The van der Waals surface area contributed by atoms with Crippen molar-refractivity contribution >= 4 is 17.5 Å². The molecule has 0 aliphatic rings. The number of ether oxygens (including phenoxy) is 1. The van der Waals surface area contributed by atoms with E-state index in [1.54, 1.807) is 19.1 Å². The fourth-order valence-corrected chi connectivity index (χ4v) is 1.80. The Balaban J connectivity index is 2.82. The van der Waals surface area contributed by atoms with E-state index in [0.717, 1.165) is 19.4 Å². The van der Waals surface area contributed by atoms with Crippen LogP contribution in [-0.2, 0) is 4.79 Å². The molecule has 118 valence electrons. The highest BCUT2D eigenvalue weighted by molar-refractivity contribution is 5.81. The van der Waals surface area contributed by atoms with Gasteiger partial charge < -0.3 is 20.3 Å². The van der Waals surface area contributed by atoms with Crippen molar-refractivity contribution in [1.82, 2.24) is 15.3 Å². The standard InChI is InChI=1S/C14H25N5O2/c1-5-7-15-11(20)9-19(3)14-12(21-4)13(16-8-6-2)17-10-18-14/h10H,5-9H2,1-4H3,(H,15,20)(H,16,17,18). The van der Waals surface area contributed by atoms with Gasteiger partial charge in [-0.1, -0.05) is 13.8 Å². The minimum Gasteiger partial charge on any atom is -0.490 e. The highest BCUT2D eigenvalue weighted by Crippen LogP contribution is 2.30. The van der Waals surface area contributed by atoms with Crippen molar-refractivity contribution in [2.75, 3.05) is 44.0 Å². The molecular weight excluding hydrogens is 270 g/mol. The Labute approximate surface area is 126 Å². The summed E-state index contributed by atoms with van der Waals surface area (Å²) in [6.07, 6.45) is 3.37. The van der Waals surface area contributed by atoms with E-state index in [-0.39, 0.29) is 12.5 Å². The van der Waals surface area contributed by atoms with E-state index in [2.05, 4.69) is 27.5 Å². The summed E-state index contributed by atoms with van der Waals surface area (Å²) in [7, 11) is 3.38. The van der Waals surface area contributed by atoms with Crippen molar-refractivity contribution < 1.29 is 9.53 Å². The van der Waals surface area contributed by atoms with Crippen LogP contribution < -0.4 is 20.3 Å². The highest BCUT2D eigenvalue weighted by Gasteiger charge is 2.17. The van der Waals surface area contributed by atoms with Gasteiger partial charge in [0.25, 0.3) is 0 Å². The van der Waals surface area contributed by atoms with Gasteiger partial charge in [0.15, 0.2) is 11.6 Å². The maximum absolute atomic E-state index is 11.8. The minimum atomic E-state index is -0.0388. The summed E-state index contributed by atoms with van der Waals surface area (Å²) >= 11 is 0. The summed E-state index contributed by atoms with van der Waals surface area (Å²) < 4.78 is 5.40. The molecule has 2 N–H and O–H groups in total. The first-order valence-corrected chi connectivity index (χ1v) is 7.24. The Hall–Kier alpha value is -2.05. The van der Waals surface area contributed by atoms with Crippen molar-refractivity contribution in [3.63, 3.8) is 0 Å². The Morgan fingerprint density at radius 2 is 2.00 bits per heavy atom. The number of anilines is 2. The number of carbonyl (C=O) groups is 1. The van der Waals surface area contributed by atoms with Crippen LogP contribution in [0.4, 0.5) is 11.6 Å². The Morgan fingerprint density at radius 3 is 2.62 bits per heavy atom. The molecule has 7 nitrogen and oxygen atoms in total. The summed E-state index contributed by atoms with van der Waals surface area (Å²) in [6, 6.07) is 0. The maximum Gasteiger partial charge on any atom is 0.239 e. The van der Waals surface area contributed by atoms with Crippen molar-refractivity contribution in [2.45, 2.75) is 26.7 Å². The molecule has 1 amide bonds. The van der Waals surface area contributed by atoms with Crippen LogP contribution in [0.1, 0.15) is 26.7 Å². The SMILES string of the molecule is CCCNC(=O)CN(C)c1ncnc(NCCC)c1OC. The van der Waals surface area contributed by atoms with Gasteiger partial charge in [-0.2, -0.15) is 0 Å². The van der Waals surface area contributed by atoms with Crippen LogP contribution in [0.5, 0.6) is 5.75 Å². The van der Waals surface area contributed by atoms with Crippen LogP contribution in [0.25, 0.3) is 0 Å². The van der Waals surface area contributed by atoms with E-state index < -0.39 is 0 Å². The number of hydrogen-bond donors (Lipinski definition) is 2. The first-order valence-electron chi connectivity index (χ1n) is 7.24. The minimum absolute atomic E-state index is 0.0388. The summed E-state index contributed by atoms with van der Waals surface area (Å²) in [5, 5.41) is 6.03. The molecule has 0 atom stereocenters. The first-order chi connectivity index (χ1) is 10.1. The van der Waals surface area contributed by atoms with Gasteiger partial charge >= 0.3 is 0 Å². The number of nitrogens with one attached hydrogen (secondary N) is 2. The molecular formula is C14H25N5O2. The zero-order valence-electron chi connectivity index (χ0n) is 13.3. The van der Waals surface area contributed by atoms with E-state index in [1.807, 2.05) is 6.92 Å². The second kappa shape index (κ2) is 8.99. The lowest BCUT2D eigenvalue weighted by molar-refractivity contribution is -0.119. The third kappa shape index (κ3) is 5.09. The molecule has 0 aliphatic carbocycles. The van der Waals surface area contributed by atoms with Gasteiger partial charge in [-0.15, -0.1) is 0 Å². The Morgan fingerprint density at radius 1 is 1.29 bits per heavy atom. The predicted molar refractivity (Wildman–Crippen MR) is 83.9 cm³/mol. The fraction of sp³-hybridized carbons (Fsp3) is 0.643. The lowest BCUT2D eigenvalue weighted by Gasteiger charge is -2.21. The summed E-state index contributed by atoms with van der Waals surface area (Å²) in [4.78, 5) is 21.9. The molecule has 0 unspecified atom stereocenters. The number of methoxy groups -OCH3 is 1. The molecule has 0 radical (unpaired) electrons. The zero-order valence-corrected chi connectivity index (χ0v) is 13.3. The van der Waals surface area contributed by atoms with E-state index in [9.17, 15) is 4.79 Å². The Bertz CT molecular complexity index is 453. The van der Waals surface area contributed by atoms with E-state index in [1.165, 1.54) is 6.33 Å². The smallest absolute Gasteiger partial charge is 0.239 e. The first kappa shape index (κ1) is 17.0. The van der Waals surface area contributed by atoms with Crippen molar-refractivity contribution in [3.05, 3.63) is 6.33 Å². The van der Waals surface area contributed by atoms with Crippen molar-refractivity contribution in [1.29, 1.82) is 0 Å². The highest BCUT2D eigenvalue weighted by atomic mass is 16.5. The number of likely N-dealkylation sites (N-methyl/N-ethyl adjacent to an activating group) is 1. The molecule has 0 fully saturated rings. The van der Waals surface area contributed by atoms with Crippen molar-refractivity contribution in [3.8, 4) is 5.75 Å². The summed E-state index contributed by atoms with van der Waals surface area (Å²) in [6.45, 7) is 5.79. The number of rotatable bonds is 9. The predicted octanol–water partition coefficient (Wildman–Crippen LogP) is 1.27. The molecule has 1 aromatic heterocycles. The third-order valence-corrected chi connectivity index (χ3v) is 2.85. The van der Waals surface area contributed by atoms with Gasteiger partial charge in [-0.25, -0.2) is 9.97 Å². The lowest BCUT2D eigenvalue weighted by Crippen LogP contribution is -2.36. The normalized spacial score (nSPS) is 10.1. The van der Waals surface area contributed by atoms with Gasteiger partial charge in [0.05, 0.1) is 13.7 Å². The average Bonchev–Trinajstić information content (AvgIpc) is 2.50. The molecule has 0 spiro atoms. The molecule has 21 heavy (non-hydrogen) atoms. The largest absolute Gasteiger partial charge is 0.490 e. The molecule has 0 bridgehead atoms. The molecule has 7 heteroatoms. The molecule has 1 rings (SSSR count). The van der Waals surface area contributed by atoms with Crippen LogP contribution in [0, 0.1) is 0 Å². The number of carbonyl (C=O) groups excluding carboxylic acids is 1.